The van der Waals surface area contributed by atoms with Gasteiger partial charge in [0.15, 0.2) is 0 Å². The summed E-state index contributed by atoms with van der Waals surface area (Å²) >= 11 is 0. The number of piperidine rings is 1. The van der Waals surface area contributed by atoms with E-state index in [0.29, 0.717) is 19.0 Å². The normalized spacial score (nSPS) is 16.2. The van der Waals surface area contributed by atoms with Crippen molar-refractivity contribution in [2.75, 3.05) is 25.1 Å². The number of hydrogen-bond donors (Lipinski definition) is 1. The Kier molecular flexibility index (Phi) is 6.23. The summed E-state index contributed by atoms with van der Waals surface area (Å²) in [5, 5.41) is 3.06. The molecule has 30 heavy (non-hydrogen) atoms. The Morgan fingerprint density at radius 2 is 1.80 bits per heavy atom. The molecule has 0 bridgehead atoms. The average molecular weight is 402 g/mol. The molecule has 1 saturated heterocycles. The van der Waals surface area contributed by atoms with Crippen LogP contribution in [0.1, 0.15) is 18.4 Å². The van der Waals surface area contributed by atoms with Crippen LogP contribution in [-0.4, -0.2) is 36.1 Å². The first-order valence-electron chi connectivity index (χ1n) is 10.3. The average Bonchev–Trinajstić information content (AvgIpc) is 2.83. The van der Waals surface area contributed by atoms with E-state index in [1.807, 2.05) is 67.0 Å². The largest absolute Gasteiger partial charge is 0.497 e. The lowest BCUT2D eigenvalue weighted by molar-refractivity contribution is -0.125. The summed E-state index contributed by atoms with van der Waals surface area (Å²) in [6.45, 7) is 2.02. The van der Waals surface area contributed by atoms with Gasteiger partial charge in [0.05, 0.1) is 13.0 Å². The number of nitrogens with zero attached hydrogens (tertiary/aromatic N) is 3. The fraction of sp³-hybridized carbons (Fsp3) is 0.292. The van der Waals surface area contributed by atoms with E-state index in [1.165, 1.54) is 0 Å². The fourth-order valence-electron chi connectivity index (χ4n) is 3.71. The van der Waals surface area contributed by atoms with Crippen molar-refractivity contribution in [3.8, 4) is 16.9 Å². The van der Waals surface area contributed by atoms with E-state index in [1.54, 1.807) is 7.11 Å². The molecular weight excluding hydrogens is 376 g/mol. The van der Waals surface area contributed by atoms with Gasteiger partial charge >= 0.3 is 0 Å². The number of nitrogens with one attached hydrogen (secondary N) is 1. The smallest absolute Gasteiger partial charge is 0.225 e. The zero-order valence-corrected chi connectivity index (χ0v) is 17.1. The minimum atomic E-state index is -0.0607. The molecule has 1 unspecified atom stereocenters. The maximum absolute atomic E-state index is 12.7. The standard InChI is InChI=1S/C24H26N4O2/c1-30-22-11-9-18(10-12-22)14-25-23(29)20-8-5-13-28(17-20)24-26-15-21(16-27-24)19-6-3-2-4-7-19/h2-4,6-7,9-12,15-16,20H,5,8,13-14,17H2,1H3,(H,25,29). The minimum Gasteiger partial charge on any atom is -0.497 e. The molecule has 1 fully saturated rings. The van der Waals surface area contributed by atoms with Crippen LogP contribution in [0.2, 0.25) is 0 Å². The Morgan fingerprint density at radius 3 is 2.50 bits per heavy atom. The first-order valence-corrected chi connectivity index (χ1v) is 10.3. The van der Waals surface area contributed by atoms with Crippen LogP contribution in [0.25, 0.3) is 11.1 Å². The van der Waals surface area contributed by atoms with Crippen LogP contribution in [0, 0.1) is 5.92 Å². The van der Waals surface area contributed by atoms with E-state index in [9.17, 15) is 4.79 Å². The SMILES string of the molecule is COc1ccc(CNC(=O)C2CCCN(c3ncc(-c4ccccc4)cn3)C2)cc1. The molecule has 1 N–H and O–H groups in total. The van der Waals surface area contributed by atoms with Crippen LogP contribution in [0.4, 0.5) is 5.95 Å². The van der Waals surface area contributed by atoms with Crippen molar-refractivity contribution in [2.24, 2.45) is 5.92 Å². The maximum Gasteiger partial charge on any atom is 0.225 e. The van der Waals surface area contributed by atoms with Gasteiger partial charge in [0.2, 0.25) is 11.9 Å². The molecule has 0 radical (unpaired) electrons. The monoisotopic (exact) mass is 402 g/mol. The van der Waals surface area contributed by atoms with Crippen LogP contribution < -0.4 is 15.0 Å². The van der Waals surface area contributed by atoms with Crippen LogP contribution in [-0.2, 0) is 11.3 Å². The summed E-state index contributed by atoms with van der Waals surface area (Å²) in [6.07, 6.45) is 5.54. The fourth-order valence-corrected chi connectivity index (χ4v) is 3.71. The molecule has 2 heterocycles. The molecule has 1 amide bonds. The molecular formula is C24H26N4O2. The van der Waals surface area contributed by atoms with Crippen LogP contribution in [0.3, 0.4) is 0 Å². The Balaban J connectivity index is 1.34. The topological polar surface area (TPSA) is 67.3 Å². The van der Waals surface area contributed by atoms with Gasteiger partial charge < -0.3 is 15.0 Å². The molecule has 4 rings (SSSR count). The second-order valence-corrected chi connectivity index (χ2v) is 7.49. The van der Waals surface area contributed by atoms with Crippen molar-refractivity contribution in [3.05, 3.63) is 72.6 Å². The summed E-state index contributed by atoms with van der Waals surface area (Å²) in [4.78, 5) is 23.9. The Morgan fingerprint density at radius 1 is 1.07 bits per heavy atom. The Bertz CT molecular complexity index is 959. The second kappa shape index (κ2) is 9.39. The van der Waals surface area contributed by atoms with Gasteiger partial charge in [-0.3, -0.25) is 4.79 Å². The van der Waals surface area contributed by atoms with Gasteiger partial charge in [0.1, 0.15) is 5.75 Å². The first kappa shape index (κ1) is 19.9. The van der Waals surface area contributed by atoms with Gasteiger partial charge in [-0.05, 0) is 36.1 Å². The summed E-state index contributed by atoms with van der Waals surface area (Å²) in [5.74, 6) is 1.51. The number of carbonyl (C=O) groups is 1. The van der Waals surface area contributed by atoms with Crippen LogP contribution in [0.5, 0.6) is 5.75 Å². The molecule has 0 spiro atoms. The molecule has 1 aliphatic heterocycles. The quantitative estimate of drug-likeness (QED) is 0.681. The molecule has 0 aliphatic carbocycles. The molecule has 154 valence electrons. The van der Waals surface area contributed by atoms with E-state index in [0.717, 1.165) is 41.8 Å². The number of hydrogen-bond acceptors (Lipinski definition) is 5. The lowest BCUT2D eigenvalue weighted by Gasteiger charge is -2.32. The molecule has 6 heteroatoms. The highest BCUT2D eigenvalue weighted by atomic mass is 16.5. The third-order valence-corrected chi connectivity index (χ3v) is 5.45. The zero-order chi connectivity index (χ0) is 20.8. The number of amides is 1. The molecule has 1 atom stereocenters. The number of anilines is 1. The van der Waals surface area contributed by atoms with Crippen molar-refractivity contribution < 1.29 is 9.53 Å². The van der Waals surface area contributed by atoms with Crippen molar-refractivity contribution in [2.45, 2.75) is 19.4 Å². The van der Waals surface area contributed by atoms with Crippen molar-refractivity contribution >= 4 is 11.9 Å². The molecule has 2 aromatic carbocycles. The third-order valence-electron chi connectivity index (χ3n) is 5.45. The van der Waals surface area contributed by atoms with Gasteiger partial charge in [0.25, 0.3) is 0 Å². The highest BCUT2D eigenvalue weighted by Crippen LogP contribution is 2.23. The highest BCUT2D eigenvalue weighted by Gasteiger charge is 2.27. The summed E-state index contributed by atoms with van der Waals surface area (Å²) in [7, 11) is 1.64. The van der Waals surface area contributed by atoms with Gasteiger partial charge in [-0.15, -0.1) is 0 Å². The van der Waals surface area contributed by atoms with Crippen molar-refractivity contribution in [3.63, 3.8) is 0 Å². The predicted octanol–water partition coefficient (Wildman–Crippen LogP) is 3.69. The maximum atomic E-state index is 12.7. The van der Waals surface area contributed by atoms with E-state index in [-0.39, 0.29) is 11.8 Å². The molecule has 1 aliphatic rings. The number of carbonyl (C=O) groups excluding carboxylic acids is 1. The molecule has 0 saturated carbocycles. The van der Waals surface area contributed by atoms with Gasteiger partial charge in [-0.1, -0.05) is 42.5 Å². The molecule has 6 nitrogen and oxygen atoms in total. The van der Waals surface area contributed by atoms with Gasteiger partial charge in [-0.2, -0.15) is 0 Å². The molecule has 1 aromatic heterocycles. The zero-order valence-electron chi connectivity index (χ0n) is 17.1. The van der Waals surface area contributed by atoms with Gasteiger partial charge in [0, 0.05) is 37.6 Å². The Hall–Kier alpha value is -3.41. The number of methoxy groups -OCH3 is 1. The van der Waals surface area contributed by atoms with Gasteiger partial charge in [-0.25, -0.2) is 9.97 Å². The lowest BCUT2D eigenvalue weighted by Crippen LogP contribution is -2.43. The van der Waals surface area contributed by atoms with Crippen molar-refractivity contribution in [1.29, 1.82) is 0 Å². The van der Waals surface area contributed by atoms with Crippen LogP contribution >= 0.6 is 0 Å². The van der Waals surface area contributed by atoms with E-state index in [4.69, 9.17) is 4.74 Å². The number of benzene rings is 2. The number of aromatic nitrogens is 2. The Labute approximate surface area is 176 Å². The van der Waals surface area contributed by atoms with Crippen LogP contribution in [0.15, 0.2) is 67.0 Å². The van der Waals surface area contributed by atoms with E-state index in [2.05, 4.69) is 20.2 Å². The second-order valence-electron chi connectivity index (χ2n) is 7.49. The van der Waals surface area contributed by atoms with Crippen molar-refractivity contribution in [1.82, 2.24) is 15.3 Å². The number of rotatable bonds is 6. The summed E-state index contributed by atoms with van der Waals surface area (Å²) in [6, 6.07) is 17.8. The highest BCUT2D eigenvalue weighted by molar-refractivity contribution is 5.79. The predicted molar refractivity (Wildman–Crippen MR) is 117 cm³/mol. The third kappa shape index (κ3) is 4.76. The summed E-state index contributed by atoms with van der Waals surface area (Å²) < 4.78 is 5.17. The number of ether oxygens (including phenoxy) is 1. The lowest BCUT2D eigenvalue weighted by atomic mass is 9.97. The first-order chi connectivity index (χ1) is 14.7. The minimum absolute atomic E-state index is 0.0607. The summed E-state index contributed by atoms with van der Waals surface area (Å²) in [5.41, 5.74) is 3.14. The molecule has 3 aromatic rings. The van der Waals surface area contributed by atoms with E-state index >= 15 is 0 Å². The van der Waals surface area contributed by atoms with E-state index < -0.39 is 0 Å².